The zero-order valence-electron chi connectivity index (χ0n) is 10.5. The van der Waals surface area contributed by atoms with Crippen molar-refractivity contribution in [2.75, 3.05) is 6.54 Å². The third-order valence-corrected chi connectivity index (χ3v) is 3.59. The average molecular weight is 301 g/mol. The monoisotopic (exact) mass is 300 g/mol. The van der Waals surface area contributed by atoms with Gasteiger partial charge in [0.1, 0.15) is 23.2 Å². The number of aromatic nitrogens is 1. The summed E-state index contributed by atoms with van der Waals surface area (Å²) in [6.07, 6.45) is 0. The number of benzene rings is 1. The van der Waals surface area contributed by atoms with Crippen LogP contribution in [0.15, 0.2) is 23.6 Å². The fraction of sp³-hybridized carbons (Fsp3) is 0.308. The van der Waals surface area contributed by atoms with Crippen LogP contribution in [0.5, 0.6) is 5.75 Å². The molecular weight excluding hydrogens is 287 g/mol. The molecule has 1 N–H and O–H groups in total. The number of nitrogens with zero attached hydrogens (tertiary/aromatic N) is 1. The third-order valence-electron chi connectivity index (χ3n) is 2.40. The van der Waals surface area contributed by atoms with Gasteiger partial charge in [-0.3, -0.25) is 0 Å². The standard InChI is InChI=1S/C13H14ClFN2OS/c1-2-16-6-13-17-10(8-19-13)7-18-12-4-3-9(15)5-11(12)14/h3-5,8,16H,2,6-7H2,1H3. The van der Waals surface area contributed by atoms with E-state index in [0.29, 0.717) is 12.4 Å². The lowest BCUT2D eigenvalue weighted by Gasteiger charge is -2.06. The van der Waals surface area contributed by atoms with Gasteiger partial charge in [0.05, 0.1) is 10.7 Å². The van der Waals surface area contributed by atoms with Crippen LogP contribution >= 0.6 is 22.9 Å². The van der Waals surface area contributed by atoms with E-state index in [0.717, 1.165) is 23.8 Å². The molecule has 0 spiro atoms. The van der Waals surface area contributed by atoms with Gasteiger partial charge in [0.2, 0.25) is 0 Å². The molecule has 0 aliphatic carbocycles. The molecule has 0 bridgehead atoms. The van der Waals surface area contributed by atoms with Gasteiger partial charge in [-0.2, -0.15) is 0 Å². The second-order valence-electron chi connectivity index (χ2n) is 3.88. The first-order valence-electron chi connectivity index (χ1n) is 5.91. The first-order valence-corrected chi connectivity index (χ1v) is 7.16. The molecule has 0 aliphatic rings. The Bertz CT molecular complexity index is 547. The van der Waals surface area contributed by atoms with Gasteiger partial charge in [0.15, 0.2) is 0 Å². The molecule has 19 heavy (non-hydrogen) atoms. The summed E-state index contributed by atoms with van der Waals surface area (Å²) in [6, 6.07) is 4.07. The molecule has 2 rings (SSSR count). The molecule has 0 unspecified atom stereocenters. The second-order valence-corrected chi connectivity index (χ2v) is 5.23. The number of nitrogens with one attached hydrogen (secondary N) is 1. The van der Waals surface area contributed by atoms with Crippen LogP contribution in [0.4, 0.5) is 4.39 Å². The van der Waals surface area contributed by atoms with Crippen LogP contribution in [0.3, 0.4) is 0 Å². The molecule has 0 amide bonds. The molecular formula is C13H14ClFN2OS. The Kier molecular flexibility index (Phi) is 5.13. The molecule has 3 nitrogen and oxygen atoms in total. The van der Waals surface area contributed by atoms with Gasteiger partial charge >= 0.3 is 0 Å². The van der Waals surface area contributed by atoms with E-state index in [1.807, 2.05) is 12.3 Å². The second kappa shape index (κ2) is 6.84. The molecule has 0 saturated heterocycles. The molecule has 6 heteroatoms. The molecule has 0 aliphatic heterocycles. The molecule has 0 fully saturated rings. The van der Waals surface area contributed by atoms with E-state index >= 15 is 0 Å². The fourth-order valence-electron chi connectivity index (χ4n) is 1.47. The first kappa shape index (κ1) is 14.2. The first-order chi connectivity index (χ1) is 9.19. The molecule has 102 valence electrons. The van der Waals surface area contributed by atoms with Gasteiger partial charge in [0, 0.05) is 11.9 Å². The van der Waals surface area contributed by atoms with Gasteiger partial charge in [-0.15, -0.1) is 11.3 Å². The predicted octanol–water partition coefficient (Wildman–Crippen LogP) is 3.62. The summed E-state index contributed by atoms with van der Waals surface area (Å²) in [5.74, 6) is 0.0863. The van der Waals surface area contributed by atoms with Crippen LogP contribution in [0.2, 0.25) is 5.02 Å². The number of rotatable bonds is 6. The van der Waals surface area contributed by atoms with E-state index in [1.165, 1.54) is 18.2 Å². The van der Waals surface area contributed by atoms with E-state index in [-0.39, 0.29) is 10.8 Å². The van der Waals surface area contributed by atoms with Crippen LogP contribution in [0.1, 0.15) is 17.6 Å². The van der Waals surface area contributed by atoms with Crippen molar-refractivity contribution in [3.05, 3.63) is 45.1 Å². The van der Waals surface area contributed by atoms with E-state index in [1.54, 1.807) is 11.3 Å². The molecule has 0 saturated carbocycles. The zero-order chi connectivity index (χ0) is 13.7. The Balaban J connectivity index is 1.92. The van der Waals surface area contributed by atoms with Crippen molar-refractivity contribution in [2.24, 2.45) is 0 Å². The number of ether oxygens (including phenoxy) is 1. The maximum absolute atomic E-state index is 12.9. The summed E-state index contributed by atoms with van der Waals surface area (Å²) < 4.78 is 18.4. The summed E-state index contributed by atoms with van der Waals surface area (Å²) in [4.78, 5) is 4.42. The van der Waals surface area contributed by atoms with Crippen LogP contribution < -0.4 is 10.1 Å². The predicted molar refractivity (Wildman–Crippen MR) is 75.2 cm³/mol. The summed E-state index contributed by atoms with van der Waals surface area (Å²) in [5, 5.41) is 6.45. The van der Waals surface area contributed by atoms with E-state index < -0.39 is 0 Å². The highest BCUT2D eigenvalue weighted by Gasteiger charge is 2.06. The van der Waals surface area contributed by atoms with E-state index in [9.17, 15) is 4.39 Å². The SMILES string of the molecule is CCNCc1nc(COc2ccc(F)cc2Cl)cs1. The minimum atomic E-state index is -0.376. The van der Waals surface area contributed by atoms with Crippen LogP contribution in [0.25, 0.3) is 0 Å². The van der Waals surface area contributed by atoms with Crippen LogP contribution in [-0.2, 0) is 13.2 Å². The average Bonchev–Trinajstić information content (AvgIpc) is 2.83. The summed E-state index contributed by atoms with van der Waals surface area (Å²) >= 11 is 7.46. The van der Waals surface area contributed by atoms with Gasteiger partial charge in [-0.25, -0.2) is 9.37 Å². The van der Waals surface area contributed by atoms with Crippen molar-refractivity contribution in [1.82, 2.24) is 10.3 Å². The summed E-state index contributed by atoms with van der Waals surface area (Å²) in [7, 11) is 0. The van der Waals surface area contributed by atoms with E-state index in [2.05, 4.69) is 10.3 Å². The highest BCUT2D eigenvalue weighted by atomic mass is 35.5. The smallest absolute Gasteiger partial charge is 0.138 e. The van der Waals surface area contributed by atoms with Crippen molar-refractivity contribution in [2.45, 2.75) is 20.1 Å². The zero-order valence-corrected chi connectivity index (χ0v) is 12.0. The minimum absolute atomic E-state index is 0.267. The topological polar surface area (TPSA) is 34.2 Å². The Hall–Kier alpha value is -1.17. The number of hydrogen-bond acceptors (Lipinski definition) is 4. The summed E-state index contributed by atoms with van der Waals surface area (Å²) in [6.45, 7) is 4.05. The minimum Gasteiger partial charge on any atom is -0.486 e. The lowest BCUT2D eigenvalue weighted by molar-refractivity contribution is 0.301. The van der Waals surface area contributed by atoms with Crippen molar-refractivity contribution in [3.63, 3.8) is 0 Å². The Morgan fingerprint density at radius 2 is 2.32 bits per heavy atom. The maximum Gasteiger partial charge on any atom is 0.138 e. The van der Waals surface area contributed by atoms with E-state index in [4.69, 9.17) is 16.3 Å². The van der Waals surface area contributed by atoms with Crippen LogP contribution in [0, 0.1) is 5.82 Å². The number of halogens is 2. The normalized spacial score (nSPS) is 10.7. The Labute approximate surface area is 120 Å². The molecule has 1 heterocycles. The molecule has 0 radical (unpaired) electrons. The van der Waals surface area contributed by atoms with Gasteiger partial charge in [0.25, 0.3) is 0 Å². The van der Waals surface area contributed by atoms with Gasteiger partial charge in [-0.1, -0.05) is 18.5 Å². The molecule has 0 atom stereocenters. The van der Waals surface area contributed by atoms with Crippen molar-refractivity contribution in [1.29, 1.82) is 0 Å². The fourth-order valence-corrected chi connectivity index (χ4v) is 2.44. The maximum atomic E-state index is 12.9. The molecule has 1 aromatic heterocycles. The lowest BCUT2D eigenvalue weighted by atomic mass is 10.3. The highest BCUT2D eigenvalue weighted by molar-refractivity contribution is 7.09. The highest BCUT2D eigenvalue weighted by Crippen LogP contribution is 2.25. The van der Waals surface area contributed by atoms with Crippen molar-refractivity contribution in [3.8, 4) is 5.75 Å². The number of hydrogen-bond donors (Lipinski definition) is 1. The van der Waals surface area contributed by atoms with Crippen molar-refractivity contribution >= 4 is 22.9 Å². The Morgan fingerprint density at radius 1 is 1.47 bits per heavy atom. The lowest BCUT2D eigenvalue weighted by Crippen LogP contribution is -2.11. The number of thiazole rings is 1. The van der Waals surface area contributed by atoms with Crippen LogP contribution in [-0.4, -0.2) is 11.5 Å². The van der Waals surface area contributed by atoms with Crippen molar-refractivity contribution < 1.29 is 9.13 Å². The van der Waals surface area contributed by atoms with Gasteiger partial charge in [-0.05, 0) is 24.7 Å². The molecule has 1 aromatic carbocycles. The largest absolute Gasteiger partial charge is 0.486 e. The third kappa shape index (κ3) is 4.16. The molecule has 2 aromatic rings. The quantitative estimate of drug-likeness (QED) is 0.884. The Morgan fingerprint density at radius 3 is 3.05 bits per heavy atom. The summed E-state index contributed by atoms with van der Waals surface area (Å²) in [5.41, 5.74) is 0.846. The van der Waals surface area contributed by atoms with Gasteiger partial charge < -0.3 is 10.1 Å².